The quantitative estimate of drug-likeness (QED) is 0.528. The summed E-state index contributed by atoms with van der Waals surface area (Å²) in [6.45, 7) is 2.13. The third-order valence-electron chi connectivity index (χ3n) is 3.98. The topological polar surface area (TPSA) is 26.5 Å². The third kappa shape index (κ3) is 2.32. The summed E-state index contributed by atoms with van der Waals surface area (Å²) in [6, 6.07) is 18.4. The summed E-state index contributed by atoms with van der Waals surface area (Å²) < 4.78 is 7.66. The van der Waals surface area contributed by atoms with Crippen LogP contribution in [0.25, 0.3) is 26.7 Å². The van der Waals surface area contributed by atoms with E-state index in [9.17, 15) is 0 Å². The molecule has 3 nitrogen and oxygen atoms in total. The van der Waals surface area contributed by atoms with E-state index in [4.69, 9.17) is 9.72 Å². The first-order valence-corrected chi connectivity index (χ1v) is 8.27. The van der Waals surface area contributed by atoms with Crippen molar-refractivity contribution in [3.8, 4) is 27.4 Å². The second-order valence-electron chi connectivity index (χ2n) is 5.36. The highest BCUT2D eigenvalue weighted by molar-refractivity contribution is 7.20. The van der Waals surface area contributed by atoms with Crippen LogP contribution >= 0.6 is 11.3 Å². The van der Waals surface area contributed by atoms with Gasteiger partial charge in [0.15, 0.2) is 4.96 Å². The van der Waals surface area contributed by atoms with Gasteiger partial charge >= 0.3 is 0 Å². The summed E-state index contributed by atoms with van der Waals surface area (Å²) in [4.78, 5) is 6.99. The molecule has 0 spiro atoms. The van der Waals surface area contributed by atoms with Crippen molar-refractivity contribution in [2.45, 2.75) is 6.92 Å². The zero-order chi connectivity index (χ0) is 15.8. The highest BCUT2D eigenvalue weighted by Crippen LogP contribution is 2.38. The highest BCUT2D eigenvalue weighted by atomic mass is 32.1. The minimum Gasteiger partial charge on any atom is -0.496 e. The monoisotopic (exact) mass is 320 g/mol. The van der Waals surface area contributed by atoms with Gasteiger partial charge < -0.3 is 4.74 Å². The van der Waals surface area contributed by atoms with Gasteiger partial charge in [0.25, 0.3) is 0 Å². The predicted octanol–water partition coefficient (Wildman–Crippen LogP) is 5.05. The Morgan fingerprint density at radius 2 is 1.74 bits per heavy atom. The molecule has 2 aromatic carbocycles. The van der Waals surface area contributed by atoms with E-state index in [1.165, 1.54) is 10.6 Å². The number of nitrogens with zero attached hydrogens (tertiary/aromatic N) is 2. The second-order valence-corrected chi connectivity index (χ2v) is 6.34. The normalized spacial score (nSPS) is 11.0. The van der Waals surface area contributed by atoms with Crippen molar-refractivity contribution in [3.63, 3.8) is 0 Å². The average molecular weight is 320 g/mol. The Bertz CT molecular complexity index is 970. The Hall–Kier alpha value is -2.59. The molecule has 2 aromatic heterocycles. The molecular weight excluding hydrogens is 304 g/mol. The molecule has 0 amide bonds. The number of para-hydroxylation sites is 1. The Kier molecular flexibility index (Phi) is 3.39. The molecule has 0 saturated carbocycles. The SMILES string of the molecule is COc1ccccc1-c1sc2nc(-c3ccccc3)cn2c1C. The Balaban J connectivity index is 1.85. The second kappa shape index (κ2) is 5.56. The van der Waals surface area contributed by atoms with E-state index in [2.05, 4.69) is 35.7 Å². The first kappa shape index (κ1) is 14.0. The number of aromatic nitrogens is 2. The van der Waals surface area contributed by atoms with Gasteiger partial charge in [0.1, 0.15) is 5.75 Å². The van der Waals surface area contributed by atoms with Gasteiger partial charge in [0.2, 0.25) is 0 Å². The molecule has 4 rings (SSSR count). The van der Waals surface area contributed by atoms with Crippen LogP contribution in [0.15, 0.2) is 60.8 Å². The first-order chi connectivity index (χ1) is 11.3. The smallest absolute Gasteiger partial charge is 0.195 e. The number of thiazole rings is 1. The van der Waals surface area contributed by atoms with Gasteiger partial charge in [-0.25, -0.2) is 4.98 Å². The van der Waals surface area contributed by atoms with Gasteiger partial charge in [-0.05, 0) is 19.1 Å². The number of hydrogen-bond acceptors (Lipinski definition) is 3. The molecule has 23 heavy (non-hydrogen) atoms. The van der Waals surface area contributed by atoms with Crippen molar-refractivity contribution in [3.05, 3.63) is 66.5 Å². The van der Waals surface area contributed by atoms with Crippen molar-refractivity contribution in [1.29, 1.82) is 0 Å². The summed E-state index contributed by atoms with van der Waals surface area (Å²) in [6.07, 6.45) is 2.11. The standard InChI is InChI=1S/C19H16N2OS/c1-13-18(15-10-6-7-11-17(15)22-2)23-19-20-16(12-21(13)19)14-8-4-3-5-9-14/h3-12H,1-2H3. The van der Waals surface area contributed by atoms with Gasteiger partial charge in [-0.1, -0.05) is 53.8 Å². The lowest BCUT2D eigenvalue weighted by Gasteiger charge is -2.06. The molecule has 0 aliphatic heterocycles. The molecule has 0 aliphatic rings. The number of imidazole rings is 1. The van der Waals surface area contributed by atoms with E-state index in [-0.39, 0.29) is 0 Å². The zero-order valence-electron chi connectivity index (χ0n) is 13.0. The summed E-state index contributed by atoms with van der Waals surface area (Å²) in [5, 5.41) is 0. The maximum Gasteiger partial charge on any atom is 0.195 e. The zero-order valence-corrected chi connectivity index (χ0v) is 13.8. The molecule has 0 saturated heterocycles. The van der Waals surface area contributed by atoms with Crippen LogP contribution < -0.4 is 4.74 Å². The fourth-order valence-electron chi connectivity index (χ4n) is 2.78. The molecule has 0 atom stereocenters. The fraction of sp³-hybridized carbons (Fsp3) is 0.105. The molecule has 0 fully saturated rings. The Morgan fingerprint density at radius 3 is 2.48 bits per heavy atom. The number of rotatable bonds is 3. The number of aryl methyl sites for hydroxylation is 1. The molecule has 0 N–H and O–H groups in total. The van der Waals surface area contributed by atoms with Crippen LogP contribution in [-0.2, 0) is 0 Å². The summed E-state index contributed by atoms with van der Waals surface area (Å²) in [5.41, 5.74) is 4.45. The molecule has 2 heterocycles. The molecule has 114 valence electrons. The van der Waals surface area contributed by atoms with Gasteiger partial charge in [-0.15, -0.1) is 0 Å². The molecule has 0 bridgehead atoms. The Morgan fingerprint density at radius 1 is 1.00 bits per heavy atom. The van der Waals surface area contributed by atoms with E-state index in [1.54, 1.807) is 18.4 Å². The minimum absolute atomic E-state index is 0.892. The van der Waals surface area contributed by atoms with Crippen LogP contribution in [0.2, 0.25) is 0 Å². The van der Waals surface area contributed by atoms with Crippen LogP contribution in [0.3, 0.4) is 0 Å². The van der Waals surface area contributed by atoms with Crippen molar-refractivity contribution < 1.29 is 4.74 Å². The molecule has 0 radical (unpaired) electrons. The first-order valence-electron chi connectivity index (χ1n) is 7.45. The average Bonchev–Trinajstić information content (AvgIpc) is 3.15. The van der Waals surface area contributed by atoms with E-state index in [0.29, 0.717) is 0 Å². The highest BCUT2D eigenvalue weighted by Gasteiger charge is 2.16. The lowest BCUT2D eigenvalue weighted by Crippen LogP contribution is -1.88. The van der Waals surface area contributed by atoms with E-state index < -0.39 is 0 Å². The maximum absolute atomic E-state index is 5.50. The van der Waals surface area contributed by atoms with Crippen molar-refractivity contribution in [2.75, 3.05) is 7.11 Å². The number of benzene rings is 2. The van der Waals surface area contributed by atoms with Gasteiger partial charge in [0.05, 0.1) is 17.7 Å². The van der Waals surface area contributed by atoms with E-state index in [0.717, 1.165) is 27.5 Å². The van der Waals surface area contributed by atoms with Crippen molar-refractivity contribution >= 4 is 16.3 Å². The number of methoxy groups -OCH3 is 1. The molecular formula is C19H16N2OS. The van der Waals surface area contributed by atoms with Gasteiger partial charge in [-0.2, -0.15) is 0 Å². The molecule has 0 aliphatic carbocycles. The lowest BCUT2D eigenvalue weighted by atomic mass is 10.1. The van der Waals surface area contributed by atoms with Gasteiger partial charge in [-0.3, -0.25) is 4.40 Å². The molecule has 4 aromatic rings. The van der Waals surface area contributed by atoms with Crippen LogP contribution in [0.5, 0.6) is 5.75 Å². The lowest BCUT2D eigenvalue weighted by molar-refractivity contribution is 0.416. The largest absolute Gasteiger partial charge is 0.496 e. The van der Waals surface area contributed by atoms with E-state index >= 15 is 0 Å². The summed E-state index contributed by atoms with van der Waals surface area (Å²) in [7, 11) is 1.71. The van der Waals surface area contributed by atoms with Crippen LogP contribution in [0.1, 0.15) is 5.69 Å². The summed E-state index contributed by atoms with van der Waals surface area (Å²) in [5.74, 6) is 0.892. The van der Waals surface area contributed by atoms with Crippen molar-refractivity contribution in [1.82, 2.24) is 9.38 Å². The van der Waals surface area contributed by atoms with Crippen molar-refractivity contribution in [2.24, 2.45) is 0 Å². The van der Waals surface area contributed by atoms with E-state index in [1.807, 2.05) is 36.4 Å². The molecule has 4 heteroatoms. The van der Waals surface area contributed by atoms with Crippen LogP contribution in [-0.4, -0.2) is 16.5 Å². The molecule has 0 unspecified atom stereocenters. The third-order valence-corrected chi connectivity index (χ3v) is 5.17. The summed E-state index contributed by atoms with van der Waals surface area (Å²) >= 11 is 1.69. The number of fused-ring (bicyclic) bond motifs is 1. The van der Waals surface area contributed by atoms with Crippen LogP contribution in [0, 0.1) is 6.92 Å². The number of hydrogen-bond donors (Lipinski definition) is 0. The van der Waals surface area contributed by atoms with Gasteiger partial charge in [0, 0.05) is 23.0 Å². The Labute approximate surface area is 138 Å². The maximum atomic E-state index is 5.50. The van der Waals surface area contributed by atoms with Crippen LogP contribution in [0.4, 0.5) is 0 Å². The predicted molar refractivity (Wildman–Crippen MR) is 95.2 cm³/mol. The fourth-order valence-corrected chi connectivity index (χ4v) is 3.92. The number of ether oxygens (including phenoxy) is 1. The minimum atomic E-state index is 0.892.